The van der Waals surface area contributed by atoms with E-state index in [-0.39, 0.29) is 22.7 Å². The number of halogens is 1. The van der Waals surface area contributed by atoms with Crippen molar-refractivity contribution >= 4 is 22.7 Å². The summed E-state index contributed by atoms with van der Waals surface area (Å²) in [6, 6.07) is 12.6. The summed E-state index contributed by atoms with van der Waals surface area (Å²) in [5, 5.41) is 3.57. The van der Waals surface area contributed by atoms with Gasteiger partial charge >= 0.3 is 0 Å². The van der Waals surface area contributed by atoms with Gasteiger partial charge < -0.3 is 15.0 Å². The third kappa shape index (κ3) is 3.45. The monoisotopic (exact) mass is 382 g/mol. The quantitative estimate of drug-likeness (QED) is 0.751. The van der Waals surface area contributed by atoms with Gasteiger partial charge in [-0.3, -0.25) is 9.36 Å². The molecule has 0 aliphatic carbocycles. The maximum Gasteiger partial charge on any atom is 0.193 e. The van der Waals surface area contributed by atoms with Crippen LogP contribution in [0.3, 0.4) is 0 Å². The zero-order valence-electron chi connectivity index (χ0n) is 16.0. The molecule has 0 radical (unpaired) electrons. The number of ether oxygens (including phenoxy) is 1. The van der Waals surface area contributed by atoms with E-state index in [2.05, 4.69) is 10.3 Å². The molecule has 1 saturated heterocycles. The highest BCUT2D eigenvalue weighted by Gasteiger charge is 2.21. The van der Waals surface area contributed by atoms with Crippen LogP contribution in [-0.4, -0.2) is 41.9 Å². The van der Waals surface area contributed by atoms with Crippen LogP contribution in [0.2, 0.25) is 0 Å². The van der Waals surface area contributed by atoms with Gasteiger partial charge in [0.15, 0.2) is 22.7 Å². The molecule has 1 aliphatic heterocycles. The molecule has 0 bridgehead atoms. The van der Waals surface area contributed by atoms with E-state index in [1.165, 1.54) is 12.1 Å². The fourth-order valence-electron chi connectivity index (χ4n) is 3.44. The molecular weight excluding hydrogens is 359 g/mol. The molecule has 1 fully saturated rings. The molecule has 6 nitrogen and oxygen atoms in total. The van der Waals surface area contributed by atoms with Gasteiger partial charge in [0.2, 0.25) is 0 Å². The highest BCUT2D eigenvalue weighted by Crippen LogP contribution is 2.26. The topological polar surface area (TPSA) is 59.4 Å². The number of hydrogen-bond acceptors (Lipinski definition) is 5. The summed E-state index contributed by atoms with van der Waals surface area (Å²) in [7, 11) is 0. The van der Waals surface area contributed by atoms with Crippen molar-refractivity contribution in [3.05, 3.63) is 58.5 Å². The van der Waals surface area contributed by atoms with Gasteiger partial charge in [0.25, 0.3) is 0 Å². The molecule has 2 aromatic heterocycles. The van der Waals surface area contributed by atoms with Crippen molar-refractivity contribution in [2.75, 3.05) is 36.5 Å². The molecule has 146 valence electrons. The predicted molar refractivity (Wildman–Crippen MR) is 109 cm³/mol. The first kappa shape index (κ1) is 18.4. The predicted octanol–water partition coefficient (Wildman–Crippen LogP) is 3.18. The third-order valence-electron chi connectivity index (χ3n) is 4.68. The van der Waals surface area contributed by atoms with Crippen molar-refractivity contribution in [3.63, 3.8) is 0 Å². The van der Waals surface area contributed by atoms with Gasteiger partial charge in [0.05, 0.1) is 18.6 Å². The van der Waals surface area contributed by atoms with E-state index < -0.39 is 5.82 Å². The molecular formula is C21H23FN4O2. The van der Waals surface area contributed by atoms with Gasteiger partial charge in [-0.15, -0.1) is 0 Å². The van der Waals surface area contributed by atoms with Gasteiger partial charge in [-0.2, -0.15) is 0 Å². The lowest BCUT2D eigenvalue weighted by atomic mass is 10.2. The van der Waals surface area contributed by atoms with Crippen molar-refractivity contribution in [2.24, 2.45) is 0 Å². The minimum absolute atomic E-state index is 0.117. The molecule has 0 saturated carbocycles. The molecule has 3 aromatic rings. The molecule has 0 spiro atoms. The van der Waals surface area contributed by atoms with Crippen LogP contribution in [-0.2, 0) is 4.74 Å². The first-order chi connectivity index (χ1) is 13.5. The molecule has 0 amide bonds. The van der Waals surface area contributed by atoms with Crippen molar-refractivity contribution in [2.45, 2.75) is 19.9 Å². The van der Waals surface area contributed by atoms with E-state index in [4.69, 9.17) is 4.74 Å². The SMILES string of the molecule is CC(C)Nc1cc(=O)c2cc(F)c(N3CCOCC3)nc2n1-c1ccccc1. The maximum absolute atomic E-state index is 14.8. The summed E-state index contributed by atoms with van der Waals surface area (Å²) >= 11 is 0. The van der Waals surface area contributed by atoms with E-state index in [1.54, 1.807) is 0 Å². The van der Waals surface area contributed by atoms with Gasteiger partial charge in [-0.05, 0) is 32.0 Å². The zero-order valence-corrected chi connectivity index (χ0v) is 16.0. The Morgan fingerprint density at radius 3 is 2.54 bits per heavy atom. The number of fused-ring (bicyclic) bond motifs is 1. The van der Waals surface area contributed by atoms with Gasteiger partial charge in [-0.1, -0.05) is 18.2 Å². The van der Waals surface area contributed by atoms with Crippen molar-refractivity contribution < 1.29 is 9.13 Å². The summed E-state index contributed by atoms with van der Waals surface area (Å²) in [6.07, 6.45) is 0. The first-order valence-corrected chi connectivity index (χ1v) is 9.45. The lowest BCUT2D eigenvalue weighted by molar-refractivity contribution is 0.122. The van der Waals surface area contributed by atoms with Gasteiger partial charge in [-0.25, -0.2) is 9.37 Å². The molecule has 28 heavy (non-hydrogen) atoms. The minimum atomic E-state index is -0.490. The Balaban J connectivity index is 2.00. The number of rotatable bonds is 4. The molecule has 1 N–H and O–H groups in total. The van der Waals surface area contributed by atoms with Crippen molar-refractivity contribution in [3.8, 4) is 5.69 Å². The van der Waals surface area contributed by atoms with E-state index in [0.717, 1.165) is 5.69 Å². The highest BCUT2D eigenvalue weighted by molar-refractivity contribution is 5.82. The van der Waals surface area contributed by atoms with Crippen LogP contribution in [0.5, 0.6) is 0 Å². The fraction of sp³-hybridized carbons (Fsp3) is 0.333. The number of para-hydroxylation sites is 1. The van der Waals surface area contributed by atoms with Crippen LogP contribution in [0.4, 0.5) is 16.0 Å². The second-order valence-electron chi connectivity index (χ2n) is 7.13. The highest BCUT2D eigenvalue weighted by atomic mass is 19.1. The Morgan fingerprint density at radius 1 is 1.14 bits per heavy atom. The number of nitrogens with one attached hydrogen (secondary N) is 1. The Morgan fingerprint density at radius 2 is 1.86 bits per heavy atom. The minimum Gasteiger partial charge on any atom is -0.378 e. The average molecular weight is 382 g/mol. The Bertz CT molecular complexity index is 1040. The maximum atomic E-state index is 14.8. The summed E-state index contributed by atoms with van der Waals surface area (Å²) in [5.41, 5.74) is 1.03. The molecule has 0 unspecified atom stereocenters. The summed E-state index contributed by atoms with van der Waals surface area (Å²) in [6.45, 7) is 6.19. The second-order valence-corrected chi connectivity index (χ2v) is 7.13. The normalized spacial score (nSPS) is 14.6. The van der Waals surface area contributed by atoms with Crippen LogP contribution in [0.15, 0.2) is 47.3 Å². The smallest absolute Gasteiger partial charge is 0.193 e. The summed E-state index contributed by atoms with van der Waals surface area (Å²) in [5.74, 6) is 0.392. The number of morpholine rings is 1. The Hall–Kier alpha value is -2.93. The van der Waals surface area contributed by atoms with E-state index >= 15 is 0 Å². The number of anilines is 2. The molecule has 0 atom stereocenters. The van der Waals surface area contributed by atoms with Crippen molar-refractivity contribution in [1.82, 2.24) is 9.55 Å². The second kappa shape index (κ2) is 7.59. The molecule has 1 aromatic carbocycles. The fourth-order valence-corrected chi connectivity index (χ4v) is 3.44. The van der Waals surface area contributed by atoms with Crippen LogP contribution in [0.1, 0.15) is 13.8 Å². The Kier molecular flexibility index (Phi) is 5.00. The third-order valence-corrected chi connectivity index (χ3v) is 4.68. The number of aromatic nitrogens is 2. The largest absolute Gasteiger partial charge is 0.378 e. The summed E-state index contributed by atoms with van der Waals surface area (Å²) < 4.78 is 22.1. The molecule has 3 heterocycles. The van der Waals surface area contributed by atoms with E-state index in [1.807, 2.05) is 53.6 Å². The molecule has 1 aliphatic rings. The first-order valence-electron chi connectivity index (χ1n) is 9.45. The van der Waals surface area contributed by atoms with Crippen LogP contribution in [0, 0.1) is 5.82 Å². The number of pyridine rings is 2. The number of hydrogen-bond donors (Lipinski definition) is 1. The standard InChI is InChI=1S/C21H23FN4O2/c1-14(2)23-19-13-18(27)16-12-17(22)21(25-8-10-28-11-9-25)24-20(16)26(19)15-6-4-3-5-7-15/h3-7,12-14,23H,8-11H2,1-2H3. The van der Waals surface area contributed by atoms with Gasteiger partial charge in [0.1, 0.15) is 5.82 Å². The average Bonchev–Trinajstić information content (AvgIpc) is 2.69. The van der Waals surface area contributed by atoms with Crippen LogP contribution >= 0.6 is 0 Å². The van der Waals surface area contributed by atoms with Crippen LogP contribution < -0.4 is 15.6 Å². The zero-order chi connectivity index (χ0) is 19.7. The number of nitrogens with zero attached hydrogens (tertiary/aromatic N) is 3. The molecule has 7 heteroatoms. The van der Waals surface area contributed by atoms with Crippen molar-refractivity contribution in [1.29, 1.82) is 0 Å². The van der Waals surface area contributed by atoms with Crippen LogP contribution in [0.25, 0.3) is 16.7 Å². The van der Waals surface area contributed by atoms with Gasteiger partial charge in [0, 0.05) is 30.9 Å². The molecule has 4 rings (SSSR count). The summed E-state index contributed by atoms with van der Waals surface area (Å²) in [4.78, 5) is 19.2. The van der Waals surface area contributed by atoms with E-state index in [9.17, 15) is 9.18 Å². The van der Waals surface area contributed by atoms with E-state index in [0.29, 0.717) is 37.8 Å². The lowest BCUT2D eigenvalue weighted by Gasteiger charge is -2.28. The Labute approximate surface area is 162 Å². The lowest BCUT2D eigenvalue weighted by Crippen LogP contribution is -2.37. The number of benzene rings is 1.